The smallest absolute Gasteiger partial charge is 0.279 e. The number of rotatable bonds is 8. The molecule has 0 radical (unpaired) electrons. The minimum absolute atomic E-state index is 0.0380. The van der Waals surface area contributed by atoms with Gasteiger partial charge in [-0.3, -0.25) is 9.36 Å². The number of carbonyl (C=O) groups excluding carboxylic acids is 1. The van der Waals surface area contributed by atoms with E-state index < -0.39 is 13.3 Å². The molecule has 1 unspecified atom stereocenters. The Morgan fingerprint density at radius 2 is 1.55 bits per heavy atom. The normalized spacial score (nSPS) is 13.8. The minimum atomic E-state index is -3.69. The zero-order valence-electron chi connectivity index (χ0n) is 16.6. The number of thioether (sulfide) groups is 1. The average Bonchev–Trinajstić information content (AvgIpc) is 2.80. The van der Waals surface area contributed by atoms with Gasteiger partial charge >= 0.3 is 0 Å². The van der Waals surface area contributed by atoms with Crippen molar-refractivity contribution < 1.29 is 13.9 Å². The minimum Gasteiger partial charge on any atom is -0.321 e. The average molecular weight is 492 g/mol. The Labute approximate surface area is 196 Å². The molecule has 4 nitrogen and oxygen atoms in total. The summed E-state index contributed by atoms with van der Waals surface area (Å²) in [5.41, 5.74) is 0.452. The van der Waals surface area contributed by atoms with Crippen molar-refractivity contribution in [2.45, 2.75) is 11.8 Å². The predicted molar refractivity (Wildman–Crippen MR) is 129 cm³/mol. The van der Waals surface area contributed by atoms with E-state index >= 15 is 0 Å². The summed E-state index contributed by atoms with van der Waals surface area (Å²) in [4.78, 5) is 13.7. The van der Waals surface area contributed by atoms with Gasteiger partial charge < -0.3 is 9.84 Å². The molecule has 0 heterocycles. The Hall–Kier alpha value is -2.01. The molecule has 0 saturated carbocycles. The van der Waals surface area contributed by atoms with Gasteiger partial charge in [0.2, 0.25) is 0 Å². The Morgan fingerprint density at radius 3 is 2.13 bits per heavy atom. The van der Waals surface area contributed by atoms with Crippen LogP contribution in [0.3, 0.4) is 0 Å². The first-order valence-corrected chi connectivity index (χ1v) is 12.6. The van der Waals surface area contributed by atoms with Crippen molar-refractivity contribution in [1.29, 1.82) is 0 Å². The summed E-state index contributed by atoms with van der Waals surface area (Å²) in [6.07, 6.45) is 0. The molecule has 31 heavy (non-hydrogen) atoms. The van der Waals surface area contributed by atoms with Gasteiger partial charge in [0, 0.05) is 20.8 Å². The van der Waals surface area contributed by atoms with E-state index in [4.69, 9.17) is 27.7 Å². The van der Waals surface area contributed by atoms with Crippen LogP contribution in [0.25, 0.3) is 0 Å². The van der Waals surface area contributed by atoms with E-state index in [1.54, 1.807) is 79.7 Å². The van der Waals surface area contributed by atoms with Crippen LogP contribution >= 0.6 is 42.3 Å². The van der Waals surface area contributed by atoms with Crippen LogP contribution in [-0.4, -0.2) is 12.5 Å². The molecule has 0 saturated heterocycles. The number of benzene rings is 3. The van der Waals surface area contributed by atoms with E-state index in [9.17, 15) is 9.36 Å². The summed E-state index contributed by atoms with van der Waals surface area (Å²) in [5, 5.41) is 3.79. The fourth-order valence-electron chi connectivity index (χ4n) is 2.74. The summed E-state index contributed by atoms with van der Waals surface area (Å²) in [7, 11) is -3.69. The highest BCUT2D eigenvalue weighted by molar-refractivity contribution is 8.05. The molecule has 0 aliphatic carbocycles. The van der Waals surface area contributed by atoms with Crippen LogP contribution in [0.1, 0.15) is 17.3 Å². The molecule has 1 amide bonds. The molecule has 1 N–H and O–H groups in total. The number of carbonyl (C=O) groups is 1. The highest BCUT2D eigenvalue weighted by Crippen LogP contribution is 2.56. The largest absolute Gasteiger partial charge is 0.321 e. The van der Waals surface area contributed by atoms with Crippen LogP contribution in [-0.2, 0) is 9.09 Å². The van der Waals surface area contributed by atoms with E-state index in [0.717, 1.165) is 16.7 Å². The molecule has 160 valence electrons. The van der Waals surface area contributed by atoms with Crippen molar-refractivity contribution in [3.63, 3.8) is 0 Å². The molecule has 0 spiro atoms. The van der Waals surface area contributed by atoms with Crippen molar-refractivity contribution in [2.75, 3.05) is 6.61 Å². The fraction of sp³-hybridized carbons (Fsp3) is 0.0870. The second kappa shape index (κ2) is 11.0. The van der Waals surface area contributed by atoms with E-state index in [1.165, 1.54) is 0 Å². The van der Waals surface area contributed by atoms with Crippen molar-refractivity contribution in [3.8, 4) is 0 Å². The molecule has 3 aromatic rings. The van der Waals surface area contributed by atoms with Gasteiger partial charge in [-0.2, -0.15) is 0 Å². The number of halogens is 2. The van der Waals surface area contributed by atoms with E-state index in [0.29, 0.717) is 15.9 Å². The van der Waals surface area contributed by atoms with Gasteiger partial charge in [0.1, 0.15) is 9.80 Å². The summed E-state index contributed by atoms with van der Waals surface area (Å²) >= 11 is 13.8. The third kappa shape index (κ3) is 6.03. The van der Waals surface area contributed by atoms with Gasteiger partial charge in [-0.1, -0.05) is 71.4 Å². The molecule has 0 aliphatic rings. The summed E-state index contributed by atoms with van der Waals surface area (Å²) in [6.45, 7) is 1.92. The second-order valence-corrected chi connectivity index (χ2v) is 10.8. The molecule has 3 rings (SSSR count). The Balaban J connectivity index is 2.08. The third-order valence-electron chi connectivity index (χ3n) is 4.18. The number of hydrogen-bond acceptors (Lipinski definition) is 4. The molecule has 0 aliphatic heterocycles. The summed E-state index contributed by atoms with van der Waals surface area (Å²) in [6, 6.07) is 24.4. The van der Waals surface area contributed by atoms with Crippen molar-refractivity contribution in [3.05, 3.63) is 105 Å². The standard InChI is InChI=1S/C23H20Cl2NO3PS/c1-2-29-30(28,19-11-7-4-8-12-19)23(26-22(27)17-9-5-3-6-10-17)21(25)31-20-15-13-18(24)14-16-20/h3-16H,2H2,1H3,(H,26,27). The van der Waals surface area contributed by atoms with E-state index in [-0.39, 0.29) is 16.4 Å². The lowest BCUT2D eigenvalue weighted by Crippen LogP contribution is -2.26. The summed E-state index contributed by atoms with van der Waals surface area (Å²) < 4.78 is 20.1. The number of amides is 1. The molecule has 3 aromatic carbocycles. The molecule has 0 aromatic heterocycles. The van der Waals surface area contributed by atoms with Crippen LogP contribution in [0.15, 0.2) is 99.6 Å². The topological polar surface area (TPSA) is 55.4 Å². The van der Waals surface area contributed by atoms with Gasteiger partial charge in [-0.25, -0.2) is 0 Å². The van der Waals surface area contributed by atoms with Gasteiger partial charge in [-0.15, -0.1) is 0 Å². The lowest BCUT2D eigenvalue weighted by molar-refractivity contribution is 0.0967. The maximum Gasteiger partial charge on any atom is 0.279 e. The number of nitrogens with one attached hydrogen (secondary N) is 1. The highest BCUT2D eigenvalue weighted by atomic mass is 35.5. The zero-order valence-corrected chi connectivity index (χ0v) is 19.8. The molecule has 0 bridgehead atoms. The molecule has 8 heteroatoms. The Morgan fingerprint density at radius 1 is 0.968 bits per heavy atom. The van der Waals surface area contributed by atoms with Crippen LogP contribution < -0.4 is 10.6 Å². The van der Waals surface area contributed by atoms with E-state index in [1.807, 2.05) is 12.1 Å². The van der Waals surface area contributed by atoms with Crippen molar-refractivity contribution >= 4 is 53.5 Å². The van der Waals surface area contributed by atoms with Gasteiger partial charge in [0.05, 0.1) is 6.61 Å². The first-order chi connectivity index (χ1) is 14.9. The van der Waals surface area contributed by atoms with Crippen LogP contribution in [0, 0.1) is 0 Å². The summed E-state index contributed by atoms with van der Waals surface area (Å²) in [5.74, 6) is -0.429. The first-order valence-electron chi connectivity index (χ1n) is 9.44. The maximum absolute atomic E-state index is 14.2. The van der Waals surface area contributed by atoms with Gasteiger partial charge in [0.25, 0.3) is 13.3 Å². The quantitative estimate of drug-likeness (QED) is 0.276. The maximum atomic E-state index is 14.2. The zero-order chi connectivity index (χ0) is 22.3. The predicted octanol–water partition coefficient (Wildman–Crippen LogP) is 6.87. The first kappa shape index (κ1) is 23.6. The van der Waals surface area contributed by atoms with Gasteiger partial charge in [0.15, 0.2) is 0 Å². The Kier molecular flexibility index (Phi) is 8.42. The molecular formula is C23H20Cl2NO3PS. The second-order valence-electron chi connectivity index (χ2n) is 6.30. The SMILES string of the molecule is CCOP(=O)(C(NC(=O)c1ccccc1)=C(Cl)Sc1ccc(Cl)cc1)c1ccccc1. The van der Waals surface area contributed by atoms with Gasteiger partial charge in [-0.05, 0) is 55.5 Å². The van der Waals surface area contributed by atoms with E-state index in [2.05, 4.69) is 5.32 Å². The number of hydrogen-bond donors (Lipinski definition) is 1. The molecular weight excluding hydrogens is 472 g/mol. The molecule has 0 fully saturated rings. The Bertz CT molecular complexity index is 1110. The van der Waals surface area contributed by atoms with Crippen molar-refractivity contribution in [1.82, 2.24) is 5.32 Å². The van der Waals surface area contributed by atoms with Crippen LogP contribution in [0.4, 0.5) is 0 Å². The third-order valence-corrected chi connectivity index (χ3v) is 8.55. The van der Waals surface area contributed by atoms with Crippen LogP contribution in [0.2, 0.25) is 5.02 Å². The lowest BCUT2D eigenvalue weighted by Gasteiger charge is -2.23. The monoisotopic (exact) mass is 491 g/mol. The highest BCUT2D eigenvalue weighted by Gasteiger charge is 2.35. The van der Waals surface area contributed by atoms with Crippen LogP contribution in [0.5, 0.6) is 0 Å². The fourth-order valence-corrected chi connectivity index (χ4v) is 6.58. The molecule has 1 atom stereocenters. The van der Waals surface area contributed by atoms with Crippen molar-refractivity contribution in [2.24, 2.45) is 0 Å². The lowest BCUT2D eigenvalue weighted by atomic mass is 10.2.